The topological polar surface area (TPSA) is 125 Å². The van der Waals surface area contributed by atoms with Gasteiger partial charge in [-0.3, -0.25) is 4.79 Å². The summed E-state index contributed by atoms with van der Waals surface area (Å²) in [4.78, 5) is 34.6. The molecule has 0 aliphatic heterocycles. The molecule has 0 spiro atoms. The molecule has 2 aromatic carbocycles. The minimum Gasteiger partial charge on any atom is -0.478 e. The van der Waals surface area contributed by atoms with Crippen molar-refractivity contribution in [1.82, 2.24) is 10.6 Å². The zero-order valence-electron chi connectivity index (χ0n) is 17.7. The molecule has 0 fully saturated rings. The molecule has 1 aliphatic rings. The Hall–Kier alpha value is -3.65. The summed E-state index contributed by atoms with van der Waals surface area (Å²) in [6, 6.07) is 16.0. The van der Waals surface area contributed by atoms with Crippen LogP contribution in [0.3, 0.4) is 0 Å². The zero-order valence-corrected chi connectivity index (χ0v) is 17.7. The summed E-state index contributed by atoms with van der Waals surface area (Å²) in [5.41, 5.74) is 4.58. The van der Waals surface area contributed by atoms with E-state index < -0.39 is 24.1 Å². The molecule has 0 heterocycles. The van der Waals surface area contributed by atoms with Crippen LogP contribution in [-0.2, 0) is 14.3 Å². The van der Waals surface area contributed by atoms with Crippen LogP contribution in [0.5, 0.6) is 0 Å². The fourth-order valence-electron chi connectivity index (χ4n) is 3.61. The van der Waals surface area contributed by atoms with Crippen LogP contribution in [-0.4, -0.2) is 54.0 Å². The number of carboxylic acids is 1. The second-order valence-corrected chi connectivity index (χ2v) is 7.56. The number of carbonyl (C=O) groups is 3. The highest BCUT2D eigenvalue weighted by Crippen LogP contribution is 2.44. The normalized spacial score (nSPS) is 13.6. The average molecular weight is 438 g/mol. The van der Waals surface area contributed by atoms with Gasteiger partial charge >= 0.3 is 12.1 Å². The number of aliphatic hydroxyl groups excluding tert-OH is 1. The fourth-order valence-corrected chi connectivity index (χ4v) is 3.61. The van der Waals surface area contributed by atoms with Crippen LogP contribution in [0.2, 0.25) is 0 Å². The van der Waals surface area contributed by atoms with E-state index >= 15 is 0 Å². The lowest BCUT2D eigenvalue weighted by atomic mass is 9.98. The Morgan fingerprint density at radius 1 is 1.03 bits per heavy atom. The summed E-state index contributed by atoms with van der Waals surface area (Å²) in [7, 11) is 0. The van der Waals surface area contributed by atoms with Gasteiger partial charge in [0.05, 0.1) is 12.5 Å². The van der Waals surface area contributed by atoms with E-state index in [0.29, 0.717) is 0 Å². The van der Waals surface area contributed by atoms with E-state index in [4.69, 9.17) is 9.84 Å². The third kappa shape index (κ3) is 5.73. The molecule has 2 aromatic rings. The van der Waals surface area contributed by atoms with E-state index in [2.05, 4.69) is 22.8 Å². The van der Waals surface area contributed by atoms with Crippen LogP contribution in [0.15, 0.2) is 60.2 Å². The molecule has 0 saturated carbocycles. The zero-order chi connectivity index (χ0) is 23.1. The van der Waals surface area contributed by atoms with Crippen LogP contribution in [0.25, 0.3) is 11.1 Å². The number of nitrogens with one attached hydrogen (secondary N) is 2. The van der Waals surface area contributed by atoms with Crippen molar-refractivity contribution in [2.45, 2.75) is 25.4 Å². The number of hydrogen-bond acceptors (Lipinski definition) is 5. The van der Waals surface area contributed by atoms with Crippen molar-refractivity contribution in [2.24, 2.45) is 0 Å². The standard InChI is InChI=1S/C24H26N2O6/c1-15(23(29)30)10-11-25-22(28)12-16(27)13-26-24(31)32-14-21-19-8-4-2-6-17(19)18-7-3-5-9-20(18)21/h2-10,16,21,27H,11-14H2,1H3,(H,25,28)(H,26,31)(H,29,30)/b15-10+. The van der Waals surface area contributed by atoms with Crippen LogP contribution in [0.4, 0.5) is 4.79 Å². The minimum absolute atomic E-state index is 0.0451. The van der Waals surface area contributed by atoms with Crippen molar-refractivity contribution < 1.29 is 29.3 Å². The Morgan fingerprint density at radius 3 is 2.22 bits per heavy atom. The summed E-state index contributed by atoms with van der Waals surface area (Å²) < 4.78 is 5.38. The predicted octanol–water partition coefficient (Wildman–Crippen LogP) is 2.42. The molecule has 0 aromatic heterocycles. The van der Waals surface area contributed by atoms with E-state index in [9.17, 15) is 19.5 Å². The van der Waals surface area contributed by atoms with Gasteiger partial charge in [0, 0.05) is 24.6 Å². The Kier molecular flexibility index (Phi) is 7.62. The summed E-state index contributed by atoms with van der Waals surface area (Å²) in [5, 5.41) is 23.7. The number of aliphatic hydroxyl groups is 1. The Bertz CT molecular complexity index is 987. The van der Waals surface area contributed by atoms with Crippen LogP contribution < -0.4 is 10.6 Å². The maximum absolute atomic E-state index is 12.1. The van der Waals surface area contributed by atoms with Gasteiger partial charge in [-0.2, -0.15) is 0 Å². The molecule has 1 aliphatic carbocycles. The number of benzene rings is 2. The van der Waals surface area contributed by atoms with Crippen LogP contribution in [0.1, 0.15) is 30.4 Å². The van der Waals surface area contributed by atoms with Gasteiger partial charge in [0.25, 0.3) is 0 Å². The summed E-state index contributed by atoms with van der Waals surface area (Å²) in [6.45, 7) is 1.48. The predicted molar refractivity (Wildman–Crippen MR) is 118 cm³/mol. The van der Waals surface area contributed by atoms with Gasteiger partial charge in [0.15, 0.2) is 0 Å². The SMILES string of the molecule is C/C(=C\CNC(=O)CC(O)CNC(=O)OCC1c2ccccc2-c2ccccc21)C(=O)O. The smallest absolute Gasteiger partial charge is 0.407 e. The number of carboxylic acid groups (broad SMARTS) is 1. The Morgan fingerprint density at radius 2 is 1.62 bits per heavy atom. The molecule has 8 heteroatoms. The highest BCUT2D eigenvalue weighted by molar-refractivity contribution is 5.86. The molecule has 0 saturated heterocycles. The maximum atomic E-state index is 12.1. The number of fused-ring (bicyclic) bond motifs is 3. The first-order chi connectivity index (χ1) is 15.4. The quantitative estimate of drug-likeness (QED) is 0.446. The molecule has 4 N–H and O–H groups in total. The summed E-state index contributed by atoms with van der Waals surface area (Å²) in [6.07, 6.45) is -0.642. The molecule has 2 amide bonds. The number of aliphatic carboxylic acids is 1. The van der Waals surface area contributed by atoms with E-state index in [-0.39, 0.29) is 37.6 Å². The van der Waals surface area contributed by atoms with E-state index in [1.165, 1.54) is 13.0 Å². The second-order valence-electron chi connectivity index (χ2n) is 7.56. The van der Waals surface area contributed by atoms with Crippen LogP contribution in [0, 0.1) is 0 Å². The highest BCUT2D eigenvalue weighted by atomic mass is 16.5. The number of carbonyl (C=O) groups excluding carboxylic acids is 2. The number of ether oxygens (including phenoxy) is 1. The van der Waals surface area contributed by atoms with Gasteiger partial charge in [-0.1, -0.05) is 54.6 Å². The van der Waals surface area contributed by atoms with Gasteiger partial charge in [0.2, 0.25) is 5.91 Å². The Labute approximate surface area is 185 Å². The lowest BCUT2D eigenvalue weighted by molar-refractivity contribution is -0.132. The van der Waals surface area contributed by atoms with E-state index in [0.717, 1.165) is 22.3 Å². The monoisotopic (exact) mass is 438 g/mol. The lowest BCUT2D eigenvalue weighted by Crippen LogP contribution is -2.36. The van der Waals surface area contributed by atoms with E-state index in [1.54, 1.807) is 0 Å². The molecular formula is C24H26N2O6. The highest BCUT2D eigenvalue weighted by Gasteiger charge is 2.29. The first-order valence-electron chi connectivity index (χ1n) is 10.3. The van der Waals surface area contributed by atoms with Crippen molar-refractivity contribution in [3.63, 3.8) is 0 Å². The van der Waals surface area contributed by atoms with Crippen LogP contribution >= 0.6 is 0 Å². The summed E-state index contributed by atoms with van der Waals surface area (Å²) in [5.74, 6) is -1.58. The molecule has 0 radical (unpaired) electrons. The molecule has 8 nitrogen and oxygen atoms in total. The molecule has 3 rings (SSSR count). The van der Waals surface area contributed by atoms with E-state index in [1.807, 2.05) is 36.4 Å². The van der Waals surface area contributed by atoms with Crippen molar-refractivity contribution in [2.75, 3.05) is 19.7 Å². The number of rotatable bonds is 9. The third-order valence-corrected chi connectivity index (χ3v) is 5.29. The van der Waals surface area contributed by atoms with Gasteiger partial charge in [-0.05, 0) is 29.2 Å². The number of amides is 2. The number of alkyl carbamates (subject to hydrolysis) is 1. The molecule has 1 unspecified atom stereocenters. The first kappa shape index (κ1) is 23.0. The molecule has 1 atom stereocenters. The molecule has 168 valence electrons. The number of hydrogen-bond donors (Lipinski definition) is 4. The molecular weight excluding hydrogens is 412 g/mol. The minimum atomic E-state index is -1.10. The van der Waals surface area contributed by atoms with Gasteiger partial charge < -0.3 is 25.6 Å². The molecule has 0 bridgehead atoms. The maximum Gasteiger partial charge on any atom is 0.407 e. The van der Waals surface area contributed by atoms with Gasteiger partial charge in [-0.15, -0.1) is 0 Å². The Balaban J connectivity index is 1.43. The lowest BCUT2D eigenvalue weighted by Gasteiger charge is -2.16. The van der Waals surface area contributed by atoms with Crippen molar-refractivity contribution in [3.05, 3.63) is 71.3 Å². The van der Waals surface area contributed by atoms with Crippen molar-refractivity contribution >= 4 is 18.0 Å². The first-order valence-corrected chi connectivity index (χ1v) is 10.3. The summed E-state index contributed by atoms with van der Waals surface area (Å²) >= 11 is 0. The fraction of sp³-hybridized carbons (Fsp3) is 0.292. The second kappa shape index (κ2) is 10.6. The van der Waals surface area contributed by atoms with Gasteiger partial charge in [0.1, 0.15) is 6.61 Å². The third-order valence-electron chi connectivity index (χ3n) is 5.29. The largest absolute Gasteiger partial charge is 0.478 e. The van der Waals surface area contributed by atoms with Gasteiger partial charge in [-0.25, -0.2) is 9.59 Å². The van der Waals surface area contributed by atoms with Crippen molar-refractivity contribution in [3.8, 4) is 11.1 Å². The van der Waals surface area contributed by atoms with Crippen molar-refractivity contribution in [1.29, 1.82) is 0 Å². The average Bonchev–Trinajstić information content (AvgIpc) is 3.10. The molecule has 32 heavy (non-hydrogen) atoms.